The zero-order chi connectivity index (χ0) is 13.8. The van der Waals surface area contributed by atoms with E-state index in [4.69, 9.17) is 0 Å². The predicted molar refractivity (Wildman–Crippen MR) is 75.9 cm³/mol. The van der Waals surface area contributed by atoms with Crippen LogP contribution in [0.1, 0.15) is 62.7 Å². The molecule has 1 aliphatic rings. The number of aliphatic hydroxyl groups is 1. The maximum absolute atomic E-state index is 11.6. The van der Waals surface area contributed by atoms with Gasteiger partial charge in [0.25, 0.3) is 0 Å². The van der Waals surface area contributed by atoms with Crippen LogP contribution in [-0.4, -0.2) is 17.1 Å². The van der Waals surface area contributed by atoms with Crippen LogP contribution >= 0.6 is 0 Å². The fraction of sp³-hybridized carbons (Fsp3) is 0.562. The number of carbonyl (C=O) groups excluding carboxylic acids is 1. The Balaban J connectivity index is 1.81. The van der Waals surface area contributed by atoms with E-state index >= 15 is 0 Å². The van der Waals surface area contributed by atoms with E-state index < -0.39 is 6.10 Å². The molecule has 1 fully saturated rings. The maximum Gasteiger partial charge on any atom is 0.220 e. The Kier molecular flexibility index (Phi) is 4.59. The van der Waals surface area contributed by atoms with Crippen LogP contribution in [0.3, 0.4) is 0 Å². The minimum atomic E-state index is -0.550. The van der Waals surface area contributed by atoms with E-state index in [2.05, 4.69) is 19.2 Å². The fourth-order valence-corrected chi connectivity index (χ4v) is 2.07. The summed E-state index contributed by atoms with van der Waals surface area (Å²) >= 11 is 0. The lowest BCUT2D eigenvalue weighted by molar-refractivity contribution is -0.121. The molecule has 3 nitrogen and oxygen atoms in total. The number of benzene rings is 1. The van der Waals surface area contributed by atoms with Crippen molar-refractivity contribution in [2.75, 3.05) is 0 Å². The minimum absolute atomic E-state index is 0.0559. The molecule has 2 N–H and O–H groups in total. The van der Waals surface area contributed by atoms with Gasteiger partial charge in [-0.3, -0.25) is 4.79 Å². The van der Waals surface area contributed by atoms with Crippen molar-refractivity contribution >= 4 is 5.91 Å². The molecule has 3 heteroatoms. The Hall–Kier alpha value is -1.35. The molecule has 0 bridgehead atoms. The normalized spacial score (nSPS) is 16.4. The molecule has 0 spiro atoms. The lowest BCUT2D eigenvalue weighted by atomic mass is 9.98. The van der Waals surface area contributed by atoms with Gasteiger partial charge in [0.15, 0.2) is 0 Å². The second-order valence-corrected chi connectivity index (χ2v) is 5.72. The Morgan fingerprint density at radius 3 is 2.37 bits per heavy atom. The van der Waals surface area contributed by atoms with Crippen LogP contribution < -0.4 is 5.32 Å². The van der Waals surface area contributed by atoms with Gasteiger partial charge in [0.1, 0.15) is 0 Å². The first-order chi connectivity index (χ1) is 9.06. The molecule has 1 saturated carbocycles. The summed E-state index contributed by atoms with van der Waals surface area (Å²) in [6.45, 7) is 4.29. The van der Waals surface area contributed by atoms with Crippen LogP contribution in [0.5, 0.6) is 0 Å². The number of hydrogen-bond acceptors (Lipinski definition) is 2. The van der Waals surface area contributed by atoms with Crippen LogP contribution in [0.4, 0.5) is 0 Å². The fourth-order valence-electron chi connectivity index (χ4n) is 2.07. The number of amides is 1. The van der Waals surface area contributed by atoms with E-state index in [1.54, 1.807) is 0 Å². The molecule has 1 unspecified atom stereocenters. The highest BCUT2D eigenvalue weighted by Gasteiger charge is 2.23. The van der Waals surface area contributed by atoms with Gasteiger partial charge in [0.05, 0.1) is 6.10 Å². The van der Waals surface area contributed by atoms with Crippen LogP contribution in [0.2, 0.25) is 0 Å². The molecule has 0 radical (unpaired) electrons. The quantitative estimate of drug-likeness (QED) is 0.827. The molecule has 104 valence electrons. The van der Waals surface area contributed by atoms with Gasteiger partial charge in [-0.2, -0.15) is 0 Å². The molecule has 0 aromatic heterocycles. The molecule has 1 atom stereocenters. The Bertz CT molecular complexity index is 421. The third-order valence-electron chi connectivity index (χ3n) is 3.58. The van der Waals surface area contributed by atoms with E-state index in [0.29, 0.717) is 24.8 Å². The topological polar surface area (TPSA) is 49.3 Å². The molecular formula is C16H23NO2. The molecule has 1 aromatic rings. The first-order valence-electron chi connectivity index (χ1n) is 7.13. The van der Waals surface area contributed by atoms with Crippen LogP contribution in [0.25, 0.3) is 0 Å². The summed E-state index contributed by atoms with van der Waals surface area (Å²) in [4.78, 5) is 11.6. The van der Waals surface area contributed by atoms with E-state index in [9.17, 15) is 9.90 Å². The molecule has 1 aromatic carbocycles. The summed E-state index contributed by atoms with van der Waals surface area (Å²) in [6.07, 6.45) is 2.53. The van der Waals surface area contributed by atoms with Crippen molar-refractivity contribution in [1.29, 1.82) is 0 Å². The summed E-state index contributed by atoms with van der Waals surface area (Å²) < 4.78 is 0. The van der Waals surface area contributed by atoms with Crippen molar-refractivity contribution in [3.05, 3.63) is 35.4 Å². The lowest BCUT2D eigenvalue weighted by Gasteiger charge is -2.12. The van der Waals surface area contributed by atoms with Crippen molar-refractivity contribution < 1.29 is 9.90 Å². The molecule has 0 saturated heterocycles. The smallest absolute Gasteiger partial charge is 0.220 e. The third kappa shape index (κ3) is 4.35. The van der Waals surface area contributed by atoms with Crippen molar-refractivity contribution in [1.82, 2.24) is 5.32 Å². The number of carbonyl (C=O) groups is 1. The van der Waals surface area contributed by atoms with Crippen molar-refractivity contribution in [3.8, 4) is 0 Å². The second kappa shape index (κ2) is 6.20. The summed E-state index contributed by atoms with van der Waals surface area (Å²) in [5.74, 6) is 0.552. The SMILES string of the molecule is CC(C)c1ccc(C(O)CCC(=O)NC2CC2)cc1. The number of aliphatic hydroxyl groups excluding tert-OH is 1. The van der Waals surface area contributed by atoms with Crippen molar-refractivity contribution in [2.24, 2.45) is 0 Å². The van der Waals surface area contributed by atoms with Gasteiger partial charge >= 0.3 is 0 Å². The van der Waals surface area contributed by atoms with Gasteiger partial charge in [-0.05, 0) is 36.3 Å². The van der Waals surface area contributed by atoms with Gasteiger partial charge in [-0.15, -0.1) is 0 Å². The molecule has 19 heavy (non-hydrogen) atoms. The van der Waals surface area contributed by atoms with Gasteiger partial charge in [0.2, 0.25) is 5.91 Å². The molecule has 0 heterocycles. The van der Waals surface area contributed by atoms with E-state index in [-0.39, 0.29) is 5.91 Å². The molecule has 1 aliphatic carbocycles. The summed E-state index contributed by atoms with van der Waals surface area (Å²) in [6, 6.07) is 8.41. The standard InChI is InChI=1S/C16H23NO2/c1-11(2)12-3-5-13(6-4-12)15(18)9-10-16(19)17-14-7-8-14/h3-6,11,14-15,18H,7-10H2,1-2H3,(H,17,19). The maximum atomic E-state index is 11.6. The van der Waals surface area contributed by atoms with Crippen LogP contribution in [0, 0.1) is 0 Å². The second-order valence-electron chi connectivity index (χ2n) is 5.72. The number of nitrogens with one attached hydrogen (secondary N) is 1. The van der Waals surface area contributed by atoms with Gasteiger partial charge < -0.3 is 10.4 Å². The van der Waals surface area contributed by atoms with E-state index in [0.717, 1.165) is 18.4 Å². The van der Waals surface area contributed by atoms with Crippen molar-refractivity contribution in [3.63, 3.8) is 0 Å². The van der Waals surface area contributed by atoms with Crippen LogP contribution in [0.15, 0.2) is 24.3 Å². The van der Waals surface area contributed by atoms with Gasteiger partial charge in [-0.1, -0.05) is 38.1 Å². The van der Waals surface area contributed by atoms with Crippen molar-refractivity contribution in [2.45, 2.75) is 57.6 Å². The highest BCUT2D eigenvalue weighted by molar-refractivity contribution is 5.76. The van der Waals surface area contributed by atoms with Gasteiger partial charge in [0, 0.05) is 12.5 Å². The first-order valence-corrected chi connectivity index (χ1v) is 7.13. The Morgan fingerprint density at radius 1 is 1.26 bits per heavy atom. The Morgan fingerprint density at radius 2 is 1.84 bits per heavy atom. The van der Waals surface area contributed by atoms with E-state index in [1.165, 1.54) is 5.56 Å². The number of rotatable bonds is 6. The summed E-state index contributed by atoms with van der Waals surface area (Å²) in [5, 5.41) is 13.0. The lowest BCUT2D eigenvalue weighted by Crippen LogP contribution is -2.25. The molecular weight excluding hydrogens is 238 g/mol. The average Bonchev–Trinajstić information content (AvgIpc) is 3.20. The Labute approximate surface area is 115 Å². The highest BCUT2D eigenvalue weighted by atomic mass is 16.3. The zero-order valence-corrected chi connectivity index (χ0v) is 11.7. The summed E-state index contributed by atoms with van der Waals surface area (Å²) in [7, 11) is 0. The molecule has 2 rings (SSSR count). The summed E-state index contributed by atoms with van der Waals surface area (Å²) in [5.41, 5.74) is 2.16. The van der Waals surface area contributed by atoms with Gasteiger partial charge in [-0.25, -0.2) is 0 Å². The zero-order valence-electron chi connectivity index (χ0n) is 11.7. The minimum Gasteiger partial charge on any atom is -0.388 e. The predicted octanol–water partition coefficient (Wildman–Crippen LogP) is 2.90. The largest absolute Gasteiger partial charge is 0.388 e. The molecule has 0 aliphatic heterocycles. The average molecular weight is 261 g/mol. The van der Waals surface area contributed by atoms with Crippen LogP contribution in [-0.2, 0) is 4.79 Å². The number of hydrogen-bond donors (Lipinski definition) is 2. The van der Waals surface area contributed by atoms with E-state index in [1.807, 2.05) is 24.3 Å². The highest BCUT2D eigenvalue weighted by Crippen LogP contribution is 2.22. The monoisotopic (exact) mass is 261 g/mol. The molecule has 1 amide bonds. The third-order valence-corrected chi connectivity index (χ3v) is 3.58. The first kappa shape index (κ1) is 14.1.